The third-order valence-electron chi connectivity index (χ3n) is 2.87. The Morgan fingerprint density at radius 1 is 1.15 bits per heavy atom. The van der Waals surface area contributed by atoms with Gasteiger partial charge in [0, 0.05) is 5.56 Å². The van der Waals surface area contributed by atoms with Gasteiger partial charge >= 0.3 is 6.16 Å². The molecule has 0 fully saturated rings. The lowest BCUT2D eigenvalue weighted by molar-refractivity contribution is 0.0544. The van der Waals surface area contributed by atoms with Gasteiger partial charge in [-0.3, -0.25) is 0 Å². The molecule has 0 aliphatic heterocycles. The molecule has 0 aliphatic rings. The third-order valence-corrected chi connectivity index (χ3v) is 2.87. The Bertz CT molecular complexity index is 675. The van der Waals surface area contributed by atoms with E-state index in [0.29, 0.717) is 5.56 Å². The fraction of sp³-hybridized carbons (Fsp3) is 0.200. The first kappa shape index (κ1) is 13.7. The second kappa shape index (κ2) is 5.93. The predicted octanol–water partition coefficient (Wildman–Crippen LogP) is 3.20. The van der Waals surface area contributed by atoms with Crippen molar-refractivity contribution in [1.29, 1.82) is 5.26 Å². The predicted molar refractivity (Wildman–Crippen MR) is 72.3 cm³/mol. The summed E-state index contributed by atoms with van der Waals surface area (Å²) in [6, 6.07) is 12.9. The van der Waals surface area contributed by atoms with E-state index in [0.717, 1.165) is 16.5 Å². The maximum atomic E-state index is 11.1. The number of nitrogens with zero attached hydrogens (tertiary/aromatic N) is 1. The molecule has 0 unspecified atom stereocenters. The van der Waals surface area contributed by atoms with Crippen molar-refractivity contribution in [2.45, 2.75) is 6.10 Å². The van der Waals surface area contributed by atoms with Crippen LogP contribution in [0, 0.1) is 11.3 Å². The molecule has 20 heavy (non-hydrogen) atoms. The number of carbonyl (C=O) groups excluding carboxylic acids is 1. The number of hydrogen-bond donors (Lipinski definition) is 0. The van der Waals surface area contributed by atoms with Crippen molar-refractivity contribution >= 4 is 16.9 Å². The first-order valence-electron chi connectivity index (χ1n) is 5.90. The van der Waals surface area contributed by atoms with Crippen LogP contribution in [0.1, 0.15) is 11.7 Å². The Morgan fingerprint density at radius 2 is 1.85 bits per heavy atom. The lowest BCUT2D eigenvalue weighted by Crippen LogP contribution is -2.09. The summed E-state index contributed by atoms with van der Waals surface area (Å²) in [5.74, 6) is 0.757. The fourth-order valence-electron chi connectivity index (χ4n) is 1.85. The molecule has 0 amide bonds. The average Bonchev–Trinajstić information content (AvgIpc) is 2.51. The molecule has 0 N–H and O–H groups in total. The summed E-state index contributed by atoms with van der Waals surface area (Å²) < 4.78 is 14.4. The molecule has 5 nitrogen and oxygen atoms in total. The van der Waals surface area contributed by atoms with Crippen molar-refractivity contribution in [2.24, 2.45) is 0 Å². The minimum atomic E-state index is -0.992. The van der Waals surface area contributed by atoms with Crippen molar-refractivity contribution in [2.75, 3.05) is 14.2 Å². The fourth-order valence-corrected chi connectivity index (χ4v) is 1.85. The molecule has 2 rings (SSSR count). The molecule has 5 heteroatoms. The number of hydrogen-bond acceptors (Lipinski definition) is 5. The summed E-state index contributed by atoms with van der Waals surface area (Å²) in [7, 11) is 2.80. The summed E-state index contributed by atoms with van der Waals surface area (Å²) >= 11 is 0. The van der Waals surface area contributed by atoms with Crippen LogP contribution in [-0.2, 0) is 9.47 Å². The van der Waals surface area contributed by atoms with Crippen LogP contribution in [0.15, 0.2) is 36.4 Å². The smallest absolute Gasteiger partial charge is 0.497 e. The molecule has 2 aromatic carbocycles. The molecule has 0 saturated heterocycles. The van der Waals surface area contributed by atoms with Crippen LogP contribution < -0.4 is 4.74 Å². The van der Waals surface area contributed by atoms with E-state index >= 15 is 0 Å². The number of carbonyl (C=O) groups is 1. The lowest BCUT2D eigenvalue weighted by atomic mass is 10.0. The highest BCUT2D eigenvalue weighted by molar-refractivity contribution is 5.84. The molecule has 0 aliphatic carbocycles. The Hall–Kier alpha value is -2.74. The molecule has 102 valence electrons. The topological polar surface area (TPSA) is 68.5 Å². The van der Waals surface area contributed by atoms with Gasteiger partial charge in [-0.05, 0) is 29.0 Å². The zero-order chi connectivity index (χ0) is 14.5. The molecule has 0 aromatic heterocycles. The number of rotatable bonds is 3. The average molecular weight is 271 g/mol. The van der Waals surface area contributed by atoms with Gasteiger partial charge in [0.1, 0.15) is 11.8 Å². The van der Waals surface area contributed by atoms with Gasteiger partial charge in [-0.15, -0.1) is 0 Å². The van der Waals surface area contributed by atoms with Crippen molar-refractivity contribution in [3.63, 3.8) is 0 Å². The number of benzene rings is 2. The SMILES string of the molecule is COC(=O)O[C@@H](C#N)c1ccc2cc(OC)ccc2c1. The highest BCUT2D eigenvalue weighted by Gasteiger charge is 2.16. The Balaban J connectivity index is 2.35. The van der Waals surface area contributed by atoms with E-state index in [1.54, 1.807) is 19.2 Å². The molecule has 0 spiro atoms. The summed E-state index contributed by atoms with van der Waals surface area (Å²) in [6.07, 6.45) is -1.87. The van der Waals surface area contributed by atoms with Crippen molar-refractivity contribution < 1.29 is 19.0 Å². The minimum absolute atomic E-state index is 0.593. The van der Waals surface area contributed by atoms with Crippen molar-refractivity contribution in [3.05, 3.63) is 42.0 Å². The lowest BCUT2D eigenvalue weighted by Gasteiger charge is -2.11. The molecule has 0 heterocycles. The number of ether oxygens (including phenoxy) is 3. The quantitative estimate of drug-likeness (QED) is 0.802. The molecule has 0 bridgehead atoms. The van der Waals surface area contributed by atoms with Gasteiger partial charge in [0.25, 0.3) is 0 Å². The molecule has 2 aromatic rings. The monoisotopic (exact) mass is 271 g/mol. The van der Waals surface area contributed by atoms with E-state index in [1.165, 1.54) is 7.11 Å². The molecular formula is C15H13NO4. The van der Waals surface area contributed by atoms with E-state index in [2.05, 4.69) is 4.74 Å². The second-order valence-electron chi connectivity index (χ2n) is 4.05. The largest absolute Gasteiger partial charge is 0.509 e. The Kier molecular flexibility index (Phi) is 4.06. The standard InChI is InChI=1S/C15H13NO4/c1-18-13-6-5-10-7-12(4-3-11(10)8-13)14(9-16)20-15(17)19-2/h3-8,14H,1-2H3/t14-/m0/s1. The van der Waals surface area contributed by atoms with E-state index in [-0.39, 0.29) is 0 Å². The summed E-state index contributed by atoms with van der Waals surface area (Å²) in [5.41, 5.74) is 0.593. The molecule has 0 saturated carbocycles. The van der Waals surface area contributed by atoms with Gasteiger partial charge in [0.2, 0.25) is 6.10 Å². The number of methoxy groups -OCH3 is 2. The first-order valence-corrected chi connectivity index (χ1v) is 5.90. The Morgan fingerprint density at radius 3 is 2.50 bits per heavy atom. The van der Waals surface area contributed by atoms with Crippen molar-refractivity contribution in [3.8, 4) is 11.8 Å². The van der Waals surface area contributed by atoms with Crippen LogP contribution in [0.25, 0.3) is 10.8 Å². The summed E-state index contributed by atoms with van der Waals surface area (Å²) in [6.45, 7) is 0. The third kappa shape index (κ3) is 2.81. The van der Waals surface area contributed by atoms with Gasteiger partial charge in [-0.25, -0.2) is 4.79 Å². The van der Waals surface area contributed by atoms with E-state index in [9.17, 15) is 4.79 Å². The van der Waals surface area contributed by atoms with Crippen LogP contribution >= 0.6 is 0 Å². The van der Waals surface area contributed by atoms with Gasteiger partial charge in [0.05, 0.1) is 14.2 Å². The zero-order valence-corrected chi connectivity index (χ0v) is 11.1. The highest BCUT2D eigenvalue weighted by Crippen LogP contribution is 2.25. The number of fused-ring (bicyclic) bond motifs is 1. The van der Waals surface area contributed by atoms with Gasteiger partial charge in [0.15, 0.2) is 0 Å². The normalized spacial score (nSPS) is 11.4. The molecule has 0 radical (unpaired) electrons. The molecule has 1 atom stereocenters. The van der Waals surface area contributed by atoms with E-state index in [1.807, 2.05) is 30.3 Å². The van der Waals surface area contributed by atoms with Gasteiger partial charge < -0.3 is 14.2 Å². The van der Waals surface area contributed by atoms with Gasteiger partial charge in [-0.2, -0.15) is 5.26 Å². The highest BCUT2D eigenvalue weighted by atomic mass is 16.7. The first-order chi connectivity index (χ1) is 9.67. The van der Waals surface area contributed by atoms with Crippen LogP contribution in [-0.4, -0.2) is 20.4 Å². The van der Waals surface area contributed by atoms with E-state index < -0.39 is 12.3 Å². The van der Waals surface area contributed by atoms with E-state index in [4.69, 9.17) is 14.7 Å². The van der Waals surface area contributed by atoms with Crippen LogP contribution in [0.2, 0.25) is 0 Å². The Labute approximate surface area is 116 Å². The van der Waals surface area contributed by atoms with Crippen LogP contribution in [0.4, 0.5) is 4.79 Å². The maximum absolute atomic E-state index is 11.1. The number of nitriles is 1. The minimum Gasteiger partial charge on any atom is -0.497 e. The summed E-state index contributed by atoms with van der Waals surface area (Å²) in [5, 5.41) is 11.0. The van der Waals surface area contributed by atoms with Gasteiger partial charge in [-0.1, -0.05) is 18.2 Å². The molecular weight excluding hydrogens is 258 g/mol. The second-order valence-corrected chi connectivity index (χ2v) is 4.05. The maximum Gasteiger partial charge on any atom is 0.509 e. The summed E-state index contributed by atoms with van der Waals surface area (Å²) in [4.78, 5) is 11.1. The zero-order valence-electron chi connectivity index (χ0n) is 11.1. The van der Waals surface area contributed by atoms with Crippen LogP contribution in [0.3, 0.4) is 0 Å². The van der Waals surface area contributed by atoms with Crippen LogP contribution in [0.5, 0.6) is 5.75 Å². The van der Waals surface area contributed by atoms with Crippen molar-refractivity contribution in [1.82, 2.24) is 0 Å².